The highest BCUT2D eigenvalue weighted by Crippen LogP contribution is 2.28. The number of rotatable bonds is 13. The molecule has 0 aliphatic carbocycles. The molecule has 148 valence electrons. The quantitative estimate of drug-likeness (QED) is 0.361. The van der Waals surface area contributed by atoms with Gasteiger partial charge in [-0.25, -0.2) is 4.98 Å². The second-order valence-electron chi connectivity index (χ2n) is 7.41. The van der Waals surface area contributed by atoms with E-state index in [0.29, 0.717) is 0 Å². The highest BCUT2D eigenvalue weighted by atomic mass is 15.2. The molecular weight excluding hydrogens is 330 g/mol. The molecule has 0 N–H and O–H groups in total. The molecule has 2 aromatic rings. The van der Waals surface area contributed by atoms with Crippen LogP contribution in [0.25, 0.3) is 0 Å². The Hall–Kier alpha value is -1.90. The molecule has 27 heavy (non-hydrogen) atoms. The number of hydrogen-bond acceptors (Lipinski definition) is 3. The fraction of sp³-hybridized carbons (Fsp3) is 0.583. The van der Waals surface area contributed by atoms with Gasteiger partial charge in [0.1, 0.15) is 0 Å². The van der Waals surface area contributed by atoms with Crippen LogP contribution < -0.4 is 4.90 Å². The molecule has 2 rings (SSSR count). The van der Waals surface area contributed by atoms with E-state index in [1.165, 1.54) is 62.6 Å². The van der Waals surface area contributed by atoms with Crippen LogP contribution >= 0.6 is 0 Å². The molecule has 1 aromatic heterocycles. The van der Waals surface area contributed by atoms with E-state index in [-0.39, 0.29) is 0 Å². The summed E-state index contributed by atoms with van der Waals surface area (Å²) >= 11 is 0. The van der Waals surface area contributed by atoms with Gasteiger partial charge >= 0.3 is 0 Å². The maximum Gasteiger partial charge on any atom is 0.154 e. The molecule has 0 unspecified atom stereocenters. The van der Waals surface area contributed by atoms with Crippen molar-refractivity contribution in [3.8, 4) is 0 Å². The molecule has 0 aliphatic rings. The van der Waals surface area contributed by atoms with Gasteiger partial charge in [-0.1, -0.05) is 65.0 Å². The van der Waals surface area contributed by atoms with E-state index in [1.807, 2.05) is 12.4 Å². The van der Waals surface area contributed by atoms with Gasteiger partial charge in [0.15, 0.2) is 5.82 Å². The Balaban J connectivity index is 2.19. The van der Waals surface area contributed by atoms with Crippen LogP contribution in [-0.4, -0.2) is 16.5 Å². The average molecular weight is 368 g/mol. The van der Waals surface area contributed by atoms with Crippen LogP contribution in [0.3, 0.4) is 0 Å². The van der Waals surface area contributed by atoms with Crippen molar-refractivity contribution in [2.45, 2.75) is 85.0 Å². The van der Waals surface area contributed by atoms with Crippen LogP contribution in [0.15, 0.2) is 36.7 Å². The second-order valence-corrected chi connectivity index (χ2v) is 7.41. The minimum atomic E-state index is 0.991. The first-order valence-electron chi connectivity index (χ1n) is 11.0. The zero-order chi connectivity index (χ0) is 19.3. The summed E-state index contributed by atoms with van der Waals surface area (Å²) in [6.07, 6.45) is 15.7. The maximum atomic E-state index is 4.73. The van der Waals surface area contributed by atoms with Gasteiger partial charge in [0.25, 0.3) is 0 Å². The topological polar surface area (TPSA) is 29.0 Å². The number of aryl methyl sites for hydroxylation is 2. The lowest BCUT2D eigenvalue weighted by Crippen LogP contribution is -2.21. The molecular formula is C24H37N3. The molecule has 0 saturated carbocycles. The molecule has 0 spiro atoms. The SMILES string of the molecule is CCCCCc1ccc(N(CCCC)c2nccnc2CCCCC)cc1. The Morgan fingerprint density at radius 2 is 1.33 bits per heavy atom. The minimum Gasteiger partial charge on any atom is -0.325 e. The first kappa shape index (κ1) is 21.4. The zero-order valence-corrected chi connectivity index (χ0v) is 17.6. The van der Waals surface area contributed by atoms with E-state index >= 15 is 0 Å². The number of anilines is 2. The van der Waals surface area contributed by atoms with Gasteiger partial charge in [-0.3, -0.25) is 4.98 Å². The fourth-order valence-corrected chi connectivity index (χ4v) is 3.40. The Kier molecular flexibility index (Phi) is 9.89. The molecule has 3 nitrogen and oxygen atoms in total. The second kappa shape index (κ2) is 12.5. The summed E-state index contributed by atoms with van der Waals surface area (Å²) in [7, 11) is 0. The van der Waals surface area contributed by atoms with Gasteiger partial charge in [0.05, 0.1) is 5.69 Å². The monoisotopic (exact) mass is 367 g/mol. The third-order valence-electron chi connectivity index (χ3n) is 5.08. The van der Waals surface area contributed by atoms with E-state index in [0.717, 1.165) is 30.9 Å². The van der Waals surface area contributed by atoms with Crippen molar-refractivity contribution in [1.82, 2.24) is 9.97 Å². The lowest BCUT2D eigenvalue weighted by Gasteiger charge is -2.25. The third-order valence-corrected chi connectivity index (χ3v) is 5.08. The molecule has 0 bridgehead atoms. The normalized spacial score (nSPS) is 10.9. The van der Waals surface area contributed by atoms with E-state index in [4.69, 9.17) is 4.98 Å². The highest BCUT2D eigenvalue weighted by Gasteiger charge is 2.15. The van der Waals surface area contributed by atoms with Gasteiger partial charge in [-0.15, -0.1) is 0 Å². The molecule has 0 atom stereocenters. The van der Waals surface area contributed by atoms with Crippen molar-refractivity contribution in [1.29, 1.82) is 0 Å². The molecule has 0 saturated heterocycles. The number of unbranched alkanes of at least 4 members (excludes halogenated alkanes) is 5. The first-order chi connectivity index (χ1) is 13.3. The van der Waals surface area contributed by atoms with Gasteiger partial charge < -0.3 is 4.90 Å². The van der Waals surface area contributed by atoms with Crippen molar-refractivity contribution >= 4 is 11.5 Å². The first-order valence-corrected chi connectivity index (χ1v) is 11.0. The lowest BCUT2D eigenvalue weighted by molar-refractivity contribution is 0.699. The van der Waals surface area contributed by atoms with Gasteiger partial charge in [0, 0.05) is 24.6 Å². The van der Waals surface area contributed by atoms with Crippen LogP contribution in [0.2, 0.25) is 0 Å². The number of aromatic nitrogens is 2. The van der Waals surface area contributed by atoms with Crippen molar-refractivity contribution in [2.24, 2.45) is 0 Å². The third kappa shape index (κ3) is 6.97. The van der Waals surface area contributed by atoms with E-state index in [9.17, 15) is 0 Å². The summed E-state index contributed by atoms with van der Waals surface area (Å²) in [6, 6.07) is 9.11. The van der Waals surface area contributed by atoms with Gasteiger partial charge in [-0.2, -0.15) is 0 Å². The molecule has 0 radical (unpaired) electrons. The van der Waals surface area contributed by atoms with Crippen molar-refractivity contribution in [2.75, 3.05) is 11.4 Å². The molecule has 1 heterocycles. The van der Waals surface area contributed by atoms with E-state index in [1.54, 1.807) is 0 Å². The fourth-order valence-electron chi connectivity index (χ4n) is 3.40. The number of benzene rings is 1. The highest BCUT2D eigenvalue weighted by molar-refractivity contribution is 5.62. The van der Waals surface area contributed by atoms with Gasteiger partial charge in [0.2, 0.25) is 0 Å². The minimum absolute atomic E-state index is 0.991. The summed E-state index contributed by atoms with van der Waals surface area (Å²) in [5.41, 5.74) is 3.80. The molecule has 0 amide bonds. The predicted molar refractivity (Wildman–Crippen MR) is 117 cm³/mol. The smallest absolute Gasteiger partial charge is 0.154 e. The van der Waals surface area contributed by atoms with Gasteiger partial charge in [-0.05, 0) is 49.8 Å². The maximum absolute atomic E-state index is 4.73. The Morgan fingerprint density at radius 1 is 0.704 bits per heavy atom. The zero-order valence-electron chi connectivity index (χ0n) is 17.6. The van der Waals surface area contributed by atoms with Crippen molar-refractivity contribution in [3.63, 3.8) is 0 Å². The Bertz CT molecular complexity index is 636. The summed E-state index contributed by atoms with van der Waals surface area (Å²) in [5, 5.41) is 0. The standard InChI is InChI=1S/C24H37N3/c1-4-7-10-12-21-14-16-22(17-15-21)27(20-9-6-3)24-23(13-11-8-5-2)25-18-19-26-24/h14-19H,4-13,20H2,1-3H3. The Labute approximate surface area is 166 Å². The predicted octanol–water partition coefficient (Wildman–Crippen LogP) is 6.88. The van der Waals surface area contributed by atoms with Crippen LogP contribution in [-0.2, 0) is 12.8 Å². The summed E-state index contributed by atoms with van der Waals surface area (Å²) in [5.74, 6) is 1.04. The van der Waals surface area contributed by atoms with E-state index < -0.39 is 0 Å². The number of hydrogen-bond donors (Lipinski definition) is 0. The molecule has 0 aliphatic heterocycles. The largest absolute Gasteiger partial charge is 0.325 e. The van der Waals surface area contributed by atoms with Crippen LogP contribution in [0, 0.1) is 0 Å². The molecule has 1 aromatic carbocycles. The molecule has 3 heteroatoms. The average Bonchev–Trinajstić information content (AvgIpc) is 2.71. The molecule has 0 fully saturated rings. The van der Waals surface area contributed by atoms with Crippen molar-refractivity contribution < 1.29 is 0 Å². The summed E-state index contributed by atoms with van der Waals surface area (Å²) < 4.78 is 0. The lowest BCUT2D eigenvalue weighted by atomic mass is 10.1. The van der Waals surface area contributed by atoms with Crippen LogP contribution in [0.4, 0.5) is 11.5 Å². The number of nitrogens with zero attached hydrogens (tertiary/aromatic N) is 3. The van der Waals surface area contributed by atoms with Crippen molar-refractivity contribution in [3.05, 3.63) is 47.9 Å². The van der Waals surface area contributed by atoms with Crippen LogP contribution in [0.5, 0.6) is 0 Å². The van der Waals surface area contributed by atoms with Crippen LogP contribution in [0.1, 0.15) is 83.4 Å². The van der Waals surface area contributed by atoms with E-state index in [2.05, 4.69) is 54.9 Å². The summed E-state index contributed by atoms with van der Waals surface area (Å²) in [6.45, 7) is 7.74. The Morgan fingerprint density at radius 3 is 2.00 bits per heavy atom. The summed E-state index contributed by atoms with van der Waals surface area (Å²) in [4.78, 5) is 11.8.